The zero-order chi connectivity index (χ0) is 25.7. The fraction of sp³-hybridized carbons (Fsp3) is 0.138. The lowest BCUT2D eigenvalue weighted by molar-refractivity contribution is 0.102. The maximum atomic E-state index is 13.9. The van der Waals surface area contributed by atoms with E-state index in [0.29, 0.717) is 17.1 Å². The number of nitrogens with one attached hydrogen (secondary N) is 1. The number of ether oxygens (including phenoxy) is 1. The van der Waals surface area contributed by atoms with Gasteiger partial charge in [0.1, 0.15) is 5.75 Å². The van der Waals surface area contributed by atoms with Gasteiger partial charge in [-0.2, -0.15) is 0 Å². The molecule has 1 amide bonds. The molecule has 0 saturated carbocycles. The number of hydrogen-bond donors (Lipinski definition) is 1. The molecule has 0 saturated heterocycles. The van der Waals surface area contributed by atoms with Crippen molar-refractivity contribution in [3.63, 3.8) is 0 Å². The minimum absolute atomic E-state index is 0.0586. The lowest BCUT2D eigenvalue weighted by Gasteiger charge is -2.27. The zero-order valence-corrected chi connectivity index (χ0v) is 21.2. The molecule has 0 spiro atoms. The lowest BCUT2D eigenvalue weighted by atomic mass is 10.1. The molecule has 0 atom stereocenters. The Morgan fingerprint density at radius 2 is 1.44 bits per heavy atom. The summed E-state index contributed by atoms with van der Waals surface area (Å²) in [7, 11) is -2.50. The Morgan fingerprint density at radius 1 is 0.833 bits per heavy atom. The second-order valence-corrected chi connectivity index (χ2v) is 10.4. The van der Waals surface area contributed by atoms with Crippen molar-refractivity contribution in [2.45, 2.75) is 25.3 Å². The van der Waals surface area contributed by atoms with Gasteiger partial charge >= 0.3 is 0 Å². The first-order chi connectivity index (χ1) is 17.3. The summed E-state index contributed by atoms with van der Waals surface area (Å²) in [6.07, 6.45) is 0. The number of methoxy groups -OCH3 is 1. The fourth-order valence-corrected chi connectivity index (χ4v) is 5.52. The van der Waals surface area contributed by atoms with Gasteiger partial charge in [-0.3, -0.25) is 9.10 Å². The number of amides is 1. The average Bonchev–Trinajstić information content (AvgIpc) is 2.87. The van der Waals surface area contributed by atoms with Crippen LogP contribution in [-0.2, 0) is 16.6 Å². The quantitative estimate of drug-likeness (QED) is 0.324. The van der Waals surface area contributed by atoms with E-state index >= 15 is 0 Å². The van der Waals surface area contributed by atoms with E-state index in [1.54, 1.807) is 36.4 Å². The summed E-state index contributed by atoms with van der Waals surface area (Å²) in [6, 6.07) is 28.0. The summed E-state index contributed by atoms with van der Waals surface area (Å²) in [6.45, 7) is 3.97. The summed E-state index contributed by atoms with van der Waals surface area (Å²) < 4.78 is 34.3. The molecule has 0 aliphatic rings. The Labute approximate surface area is 212 Å². The molecular weight excluding hydrogens is 472 g/mol. The number of anilines is 2. The highest BCUT2D eigenvalue weighted by molar-refractivity contribution is 7.92. The van der Waals surface area contributed by atoms with Crippen LogP contribution >= 0.6 is 0 Å². The molecule has 6 nitrogen and oxygen atoms in total. The Kier molecular flexibility index (Phi) is 7.41. The molecular formula is C29H28N2O4S. The number of nitrogens with zero attached hydrogens (tertiary/aromatic N) is 1. The van der Waals surface area contributed by atoms with Gasteiger partial charge < -0.3 is 10.1 Å². The molecule has 184 valence electrons. The lowest BCUT2D eigenvalue weighted by Crippen LogP contribution is -2.32. The van der Waals surface area contributed by atoms with Gasteiger partial charge in [0.15, 0.2) is 0 Å². The molecule has 36 heavy (non-hydrogen) atoms. The Morgan fingerprint density at radius 3 is 2.08 bits per heavy atom. The van der Waals surface area contributed by atoms with Crippen molar-refractivity contribution < 1.29 is 17.9 Å². The molecule has 4 aromatic rings. The summed E-state index contributed by atoms with van der Waals surface area (Å²) in [5, 5.41) is 2.93. The molecule has 0 fully saturated rings. The van der Waals surface area contributed by atoms with Crippen LogP contribution in [0, 0.1) is 13.8 Å². The molecule has 0 aliphatic heterocycles. The van der Waals surface area contributed by atoms with E-state index < -0.39 is 15.9 Å². The minimum atomic E-state index is -4.02. The summed E-state index contributed by atoms with van der Waals surface area (Å²) in [4.78, 5) is 13.5. The molecule has 0 bridgehead atoms. The summed E-state index contributed by atoms with van der Waals surface area (Å²) in [5.41, 5.74) is 4.03. The molecule has 0 unspecified atom stereocenters. The molecule has 7 heteroatoms. The third-order valence-corrected chi connectivity index (χ3v) is 7.49. The van der Waals surface area contributed by atoms with E-state index in [4.69, 9.17) is 4.74 Å². The van der Waals surface area contributed by atoms with Crippen molar-refractivity contribution in [2.24, 2.45) is 0 Å². The maximum absolute atomic E-state index is 13.9. The molecule has 4 aromatic carbocycles. The predicted octanol–water partition coefficient (Wildman–Crippen LogP) is 5.96. The topological polar surface area (TPSA) is 75.7 Å². The van der Waals surface area contributed by atoms with Crippen LogP contribution in [0.15, 0.2) is 102 Å². The van der Waals surface area contributed by atoms with Gasteiger partial charge in [0.2, 0.25) is 0 Å². The molecule has 0 radical (unpaired) electrons. The van der Waals surface area contributed by atoms with Crippen LogP contribution in [0.4, 0.5) is 11.4 Å². The Hall–Kier alpha value is -4.10. The monoisotopic (exact) mass is 500 g/mol. The number of aryl methyl sites for hydroxylation is 2. The van der Waals surface area contributed by atoms with E-state index in [-0.39, 0.29) is 17.0 Å². The second-order valence-electron chi connectivity index (χ2n) is 8.52. The number of rotatable bonds is 8. The van der Waals surface area contributed by atoms with E-state index in [0.717, 1.165) is 16.7 Å². The normalized spacial score (nSPS) is 11.1. The van der Waals surface area contributed by atoms with Crippen LogP contribution in [0.5, 0.6) is 5.75 Å². The fourth-order valence-electron chi connectivity index (χ4n) is 4.05. The van der Waals surface area contributed by atoms with Crippen LogP contribution < -0.4 is 14.4 Å². The first kappa shape index (κ1) is 25.0. The van der Waals surface area contributed by atoms with Crippen LogP contribution in [0.3, 0.4) is 0 Å². The number of sulfonamides is 1. The number of hydrogen-bond acceptors (Lipinski definition) is 4. The van der Waals surface area contributed by atoms with Crippen LogP contribution in [0.1, 0.15) is 27.0 Å². The molecule has 0 aliphatic carbocycles. The van der Waals surface area contributed by atoms with Gasteiger partial charge in [-0.25, -0.2) is 8.42 Å². The number of carbonyl (C=O) groups is 1. The number of benzene rings is 4. The van der Waals surface area contributed by atoms with Gasteiger partial charge in [-0.05, 0) is 79.1 Å². The van der Waals surface area contributed by atoms with Crippen molar-refractivity contribution >= 4 is 27.3 Å². The zero-order valence-electron chi connectivity index (χ0n) is 20.4. The highest BCUT2D eigenvalue weighted by Crippen LogP contribution is 2.30. The standard InChI is InChI=1S/C29H28N2O4S/c1-21-17-22(2)19-24(18-21)30-29(32)27-11-7-8-12-28(27)31(20-23-9-5-4-6-10-23)36(33,34)26-15-13-25(35-3)14-16-26/h4-19H,20H2,1-3H3,(H,30,32). The van der Waals surface area contributed by atoms with Crippen LogP contribution in [-0.4, -0.2) is 21.4 Å². The van der Waals surface area contributed by atoms with Crippen molar-refractivity contribution in [2.75, 3.05) is 16.7 Å². The highest BCUT2D eigenvalue weighted by Gasteiger charge is 2.28. The molecule has 1 N–H and O–H groups in total. The van der Waals surface area contributed by atoms with Crippen LogP contribution in [0.25, 0.3) is 0 Å². The van der Waals surface area contributed by atoms with E-state index in [1.807, 2.05) is 62.4 Å². The van der Waals surface area contributed by atoms with Crippen LogP contribution in [0.2, 0.25) is 0 Å². The summed E-state index contributed by atoms with van der Waals surface area (Å²) in [5.74, 6) is 0.162. The van der Waals surface area contributed by atoms with E-state index in [1.165, 1.54) is 23.5 Å². The second kappa shape index (κ2) is 10.7. The Balaban J connectivity index is 1.78. The highest BCUT2D eigenvalue weighted by atomic mass is 32.2. The van der Waals surface area contributed by atoms with E-state index in [9.17, 15) is 13.2 Å². The number of carbonyl (C=O) groups excluding carboxylic acids is 1. The molecule has 0 heterocycles. The number of para-hydroxylation sites is 1. The first-order valence-electron chi connectivity index (χ1n) is 11.5. The first-order valence-corrected chi connectivity index (χ1v) is 12.9. The SMILES string of the molecule is COc1ccc(S(=O)(=O)N(Cc2ccccc2)c2ccccc2C(=O)Nc2cc(C)cc(C)c2)cc1. The van der Waals surface area contributed by atoms with Gasteiger partial charge in [-0.15, -0.1) is 0 Å². The van der Waals surface area contributed by atoms with Gasteiger partial charge in [-0.1, -0.05) is 48.5 Å². The molecule has 0 aromatic heterocycles. The summed E-state index contributed by atoms with van der Waals surface area (Å²) >= 11 is 0. The smallest absolute Gasteiger partial charge is 0.264 e. The predicted molar refractivity (Wildman–Crippen MR) is 143 cm³/mol. The van der Waals surface area contributed by atoms with E-state index in [2.05, 4.69) is 5.32 Å². The third kappa shape index (κ3) is 5.58. The van der Waals surface area contributed by atoms with Gasteiger partial charge in [0.05, 0.1) is 29.8 Å². The minimum Gasteiger partial charge on any atom is -0.497 e. The average molecular weight is 501 g/mol. The van der Waals surface area contributed by atoms with Gasteiger partial charge in [0, 0.05) is 5.69 Å². The largest absolute Gasteiger partial charge is 0.497 e. The van der Waals surface area contributed by atoms with Crippen molar-refractivity contribution in [3.8, 4) is 5.75 Å². The molecule has 4 rings (SSSR count). The van der Waals surface area contributed by atoms with Crippen molar-refractivity contribution in [3.05, 3.63) is 119 Å². The van der Waals surface area contributed by atoms with Crippen molar-refractivity contribution in [1.29, 1.82) is 0 Å². The third-order valence-electron chi connectivity index (χ3n) is 5.71. The van der Waals surface area contributed by atoms with Crippen molar-refractivity contribution in [1.82, 2.24) is 0 Å². The maximum Gasteiger partial charge on any atom is 0.264 e. The van der Waals surface area contributed by atoms with Gasteiger partial charge in [0.25, 0.3) is 15.9 Å². The Bertz CT molecular complexity index is 1450.